The quantitative estimate of drug-likeness (QED) is 0.839. The Kier molecular flexibility index (Phi) is 4.92. The van der Waals surface area contributed by atoms with E-state index < -0.39 is 0 Å². The molecule has 1 heterocycles. The van der Waals surface area contributed by atoms with Crippen LogP contribution >= 0.6 is 0 Å². The van der Waals surface area contributed by atoms with Crippen LogP contribution in [0, 0.1) is 5.92 Å². The molecular weight excluding hydrogens is 262 g/mol. The van der Waals surface area contributed by atoms with Crippen molar-refractivity contribution < 1.29 is 9.47 Å². The molecule has 3 fully saturated rings. The standard InChI is InChI=1S/C18H33NO2/c1-13-5-4-8-18(11-13,12-19-16-6-7-16)21-17-9-14(2)20-15(3)10-17/h13-17,19H,4-12H2,1-3H3. The van der Waals surface area contributed by atoms with Crippen LogP contribution in [0.5, 0.6) is 0 Å². The van der Waals surface area contributed by atoms with Crippen molar-refractivity contribution in [1.29, 1.82) is 0 Å². The SMILES string of the molecule is CC1CCCC(CNC2CC2)(OC2CC(C)OC(C)C2)C1. The highest BCUT2D eigenvalue weighted by Gasteiger charge is 2.40. The molecular formula is C18H33NO2. The molecule has 0 aromatic carbocycles. The molecule has 0 aromatic rings. The van der Waals surface area contributed by atoms with Crippen LogP contribution < -0.4 is 5.32 Å². The molecule has 0 radical (unpaired) electrons. The molecule has 0 bridgehead atoms. The fraction of sp³-hybridized carbons (Fsp3) is 1.00. The van der Waals surface area contributed by atoms with Crippen LogP contribution in [0.2, 0.25) is 0 Å². The molecule has 1 saturated heterocycles. The van der Waals surface area contributed by atoms with Crippen LogP contribution in [0.25, 0.3) is 0 Å². The van der Waals surface area contributed by atoms with Gasteiger partial charge in [-0.15, -0.1) is 0 Å². The van der Waals surface area contributed by atoms with Gasteiger partial charge in [-0.05, 0) is 58.3 Å². The average molecular weight is 295 g/mol. The van der Waals surface area contributed by atoms with E-state index in [2.05, 4.69) is 26.1 Å². The van der Waals surface area contributed by atoms with Crippen molar-refractivity contribution in [2.45, 2.75) is 102 Å². The molecule has 3 rings (SSSR count). The minimum atomic E-state index is 0.0850. The summed E-state index contributed by atoms with van der Waals surface area (Å²) in [5.74, 6) is 0.800. The smallest absolute Gasteiger partial charge is 0.0812 e. The summed E-state index contributed by atoms with van der Waals surface area (Å²) in [7, 11) is 0. The number of nitrogens with one attached hydrogen (secondary N) is 1. The van der Waals surface area contributed by atoms with E-state index in [1.807, 2.05) is 0 Å². The molecule has 122 valence electrons. The monoisotopic (exact) mass is 295 g/mol. The lowest BCUT2D eigenvalue weighted by Crippen LogP contribution is -2.50. The Labute approximate surface area is 130 Å². The van der Waals surface area contributed by atoms with E-state index in [0.717, 1.165) is 31.3 Å². The first kappa shape index (κ1) is 15.8. The predicted molar refractivity (Wildman–Crippen MR) is 85.5 cm³/mol. The van der Waals surface area contributed by atoms with Gasteiger partial charge in [0.2, 0.25) is 0 Å². The van der Waals surface area contributed by atoms with Gasteiger partial charge in [0.1, 0.15) is 0 Å². The largest absolute Gasteiger partial charge is 0.375 e. The van der Waals surface area contributed by atoms with E-state index in [4.69, 9.17) is 9.47 Å². The van der Waals surface area contributed by atoms with Crippen molar-refractivity contribution in [3.05, 3.63) is 0 Å². The average Bonchev–Trinajstić information content (AvgIpc) is 3.19. The highest BCUT2D eigenvalue weighted by Crippen LogP contribution is 2.38. The molecule has 3 nitrogen and oxygen atoms in total. The molecule has 2 aliphatic carbocycles. The molecule has 21 heavy (non-hydrogen) atoms. The van der Waals surface area contributed by atoms with Crippen LogP contribution in [-0.4, -0.2) is 36.5 Å². The van der Waals surface area contributed by atoms with E-state index in [0.29, 0.717) is 18.3 Å². The first-order valence-corrected chi connectivity index (χ1v) is 9.11. The fourth-order valence-electron chi connectivity index (χ4n) is 4.33. The maximum Gasteiger partial charge on any atom is 0.0812 e. The topological polar surface area (TPSA) is 30.5 Å². The van der Waals surface area contributed by atoms with Crippen LogP contribution in [0.1, 0.15) is 72.1 Å². The summed E-state index contributed by atoms with van der Waals surface area (Å²) in [6.07, 6.45) is 11.1. The third-order valence-electron chi connectivity index (χ3n) is 5.41. The number of ether oxygens (including phenoxy) is 2. The summed E-state index contributed by atoms with van der Waals surface area (Å²) < 4.78 is 12.6. The molecule has 1 aliphatic heterocycles. The molecule has 1 N–H and O–H groups in total. The molecule has 4 unspecified atom stereocenters. The summed E-state index contributed by atoms with van der Waals surface area (Å²) in [5, 5.41) is 3.74. The van der Waals surface area contributed by atoms with Crippen molar-refractivity contribution in [2.75, 3.05) is 6.54 Å². The Morgan fingerprint density at radius 3 is 2.43 bits per heavy atom. The fourth-order valence-corrected chi connectivity index (χ4v) is 4.33. The zero-order valence-corrected chi connectivity index (χ0v) is 14.1. The molecule has 0 amide bonds. The molecule has 4 atom stereocenters. The van der Waals surface area contributed by atoms with Gasteiger partial charge in [0.15, 0.2) is 0 Å². The predicted octanol–water partition coefficient (Wildman–Crippen LogP) is 3.66. The van der Waals surface area contributed by atoms with E-state index in [9.17, 15) is 0 Å². The van der Waals surface area contributed by atoms with Gasteiger partial charge in [-0.3, -0.25) is 0 Å². The molecule has 3 heteroatoms. The van der Waals surface area contributed by atoms with Crippen molar-refractivity contribution in [1.82, 2.24) is 5.32 Å². The first-order chi connectivity index (χ1) is 10.0. The molecule has 0 aromatic heterocycles. The summed E-state index contributed by atoms with van der Waals surface area (Å²) in [4.78, 5) is 0. The normalized spacial score (nSPS) is 44.7. The minimum absolute atomic E-state index is 0.0850. The first-order valence-electron chi connectivity index (χ1n) is 9.11. The maximum absolute atomic E-state index is 6.77. The molecule has 2 saturated carbocycles. The lowest BCUT2D eigenvalue weighted by molar-refractivity contribution is -0.171. The zero-order valence-electron chi connectivity index (χ0n) is 14.1. The number of hydrogen-bond donors (Lipinski definition) is 1. The highest BCUT2D eigenvalue weighted by atomic mass is 16.5. The van der Waals surface area contributed by atoms with Crippen molar-refractivity contribution in [3.63, 3.8) is 0 Å². The second kappa shape index (κ2) is 6.55. The van der Waals surface area contributed by atoms with Gasteiger partial charge in [0.05, 0.1) is 23.9 Å². The van der Waals surface area contributed by atoms with Gasteiger partial charge in [-0.25, -0.2) is 0 Å². The Balaban J connectivity index is 1.62. The van der Waals surface area contributed by atoms with Gasteiger partial charge in [-0.2, -0.15) is 0 Å². The summed E-state index contributed by atoms with van der Waals surface area (Å²) in [6.45, 7) is 7.82. The summed E-state index contributed by atoms with van der Waals surface area (Å²) in [6, 6.07) is 0.773. The van der Waals surface area contributed by atoms with Crippen molar-refractivity contribution >= 4 is 0 Å². The minimum Gasteiger partial charge on any atom is -0.375 e. The molecule has 0 spiro atoms. The van der Waals surface area contributed by atoms with Crippen LogP contribution in [-0.2, 0) is 9.47 Å². The van der Waals surface area contributed by atoms with E-state index in [-0.39, 0.29) is 5.60 Å². The van der Waals surface area contributed by atoms with Gasteiger partial charge >= 0.3 is 0 Å². The van der Waals surface area contributed by atoms with Gasteiger partial charge < -0.3 is 14.8 Å². The maximum atomic E-state index is 6.77. The third-order valence-corrected chi connectivity index (χ3v) is 5.41. The summed E-state index contributed by atoms with van der Waals surface area (Å²) >= 11 is 0. The van der Waals surface area contributed by atoms with Gasteiger partial charge in [0, 0.05) is 12.6 Å². The van der Waals surface area contributed by atoms with Crippen LogP contribution in [0.4, 0.5) is 0 Å². The Morgan fingerprint density at radius 1 is 1.10 bits per heavy atom. The van der Waals surface area contributed by atoms with Crippen LogP contribution in [0.15, 0.2) is 0 Å². The van der Waals surface area contributed by atoms with E-state index in [1.54, 1.807) is 0 Å². The zero-order chi connectivity index (χ0) is 14.9. The lowest BCUT2D eigenvalue weighted by atomic mass is 9.78. The Morgan fingerprint density at radius 2 is 1.81 bits per heavy atom. The summed E-state index contributed by atoms with van der Waals surface area (Å²) in [5.41, 5.74) is 0.0850. The van der Waals surface area contributed by atoms with E-state index in [1.165, 1.54) is 38.5 Å². The van der Waals surface area contributed by atoms with E-state index >= 15 is 0 Å². The second-order valence-corrected chi connectivity index (χ2v) is 8.01. The lowest BCUT2D eigenvalue weighted by Gasteiger charge is -2.45. The number of hydrogen-bond acceptors (Lipinski definition) is 3. The van der Waals surface area contributed by atoms with Crippen molar-refractivity contribution in [2.24, 2.45) is 5.92 Å². The van der Waals surface area contributed by atoms with Gasteiger partial charge in [0.25, 0.3) is 0 Å². The Bertz CT molecular complexity index is 334. The third kappa shape index (κ3) is 4.43. The Hall–Kier alpha value is -0.120. The highest BCUT2D eigenvalue weighted by molar-refractivity contribution is 4.94. The molecule has 3 aliphatic rings. The van der Waals surface area contributed by atoms with Crippen molar-refractivity contribution in [3.8, 4) is 0 Å². The number of rotatable bonds is 5. The van der Waals surface area contributed by atoms with Crippen LogP contribution in [0.3, 0.4) is 0 Å². The second-order valence-electron chi connectivity index (χ2n) is 8.01. The van der Waals surface area contributed by atoms with Gasteiger partial charge in [-0.1, -0.05) is 19.8 Å².